The number of ketones is 1. The Morgan fingerprint density at radius 3 is 2.36 bits per heavy atom. The molecule has 0 radical (unpaired) electrons. The highest BCUT2D eigenvalue weighted by atomic mass is 16.5. The third-order valence-electron chi connectivity index (χ3n) is 8.03. The summed E-state index contributed by atoms with van der Waals surface area (Å²) in [5, 5.41) is 5.40. The van der Waals surface area contributed by atoms with Gasteiger partial charge in [0, 0.05) is 16.7 Å². The van der Waals surface area contributed by atoms with Gasteiger partial charge in [-0.05, 0) is 68.7 Å². The van der Waals surface area contributed by atoms with Gasteiger partial charge in [-0.1, -0.05) is 57.2 Å². The molecule has 0 aliphatic carbocycles. The number of nitrogens with zero attached hydrogens (tertiary/aromatic N) is 2. The van der Waals surface area contributed by atoms with Crippen molar-refractivity contribution in [2.75, 3.05) is 34.8 Å². The number of hydrogen-bond acceptors (Lipinski definition) is 6. The Labute approximate surface area is 263 Å². The first kappa shape index (κ1) is 32.9. The van der Waals surface area contributed by atoms with Crippen molar-refractivity contribution >= 4 is 46.7 Å². The van der Waals surface area contributed by atoms with Crippen LogP contribution in [-0.4, -0.2) is 55.3 Å². The Balaban J connectivity index is 1.72. The first-order valence-corrected chi connectivity index (χ1v) is 15.0. The highest BCUT2D eigenvalue weighted by molar-refractivity contribution is 6.13. The van der Waals surface area contributed by atoms with E-state index in [0.717, 1.165) is 11.1 Å². The SMILES string of the molecule is CCOC(=O)c1cccc(NC(=O)NC2CN(C(=O)C(C)(C)CC)c3ccc(C)cc3N(CC(=O)c3ccccc3C)C2=O)c1. The van der Waals surface area contributed by atoms with Crippen molar-refractivity contribution in [1.82, 2.24) is 5.32 Å². The lowest BCUT2D eigenvalue weighted by Crippen LogP contribution is -2.55. The maximum Gasteiger partial charge on any atom is 0.338 e. The molecular weight excluding hydrogens is 572 g/mol. The van der Waals surface area contributed by atoms with Crippen LogP contribution < -0.4 is 20.4 Å². The summed E-state index contributed by atoms with van der Waals surface area (Å²) in [5.41, 5.74) is 2.77. The fraction of sp³-hybridized carbons (Fsp3) is 0.343. The van der Waals surface area contributed by atoms with Crippen LogP contribution in [0.15, 0.2) is 66.7 Å². The Morgan fingerprint density at radius 2 is 1.67 bits per heavy atom. The molecule has 10 heteroatoms. The Kier molecular flexibility index (Phi) is 10.1. The number of urea groups is 1. The molecule has 0 bridgehead atoms. The second kappa shape index (κ2) is 13.8. The molecule has 0 aromatic heterocycles. The Morgan fingerprint density at radius 1 is 0.933 bits per heavy atom. The lowest BCUT2D eigenvalue weighted by atomic mass is 9.88. The van der Waals surface area contributed by atoms with Crippen LogP contribution >= 0.6 is 0 Å². The van der Waals surface area contributed by atoms with E-state index in [2.05, 4.69) is 10.6 Å². The fourth-order valence-corrected chi connectivity index (χ4v) is 5.10. The molecule has 1 atom stereocenters. The summed E-state index contributed by atoms with van der Waals surface area (Å²) in [7, 11) is 0. The molecule has 0 saturated carbocycles. The molecule has 0 fully saturated rings. The third kappa shape index (κ3) is 7.39. The van der Waals surface area contributed by atoms with Crippen molar-refractivity contribution < 1.29 is 28.7 Å². The highest BCUT2D eigenvalue weighted by Gasteiger charge is 2.41. The van der Waals surface area contributed by atoms with Crippen molar-refractivity contribution in [2.45, 2.75) is 54.0 Å². The van der Waals surface area contributed by atoms with Gasteiger partial charge >= 0.3 is 12.0 Å². The Bertz CT molecular complexity index is 1630. The van der Waals surface area contributed by atoms with Gasteiger partial charge in [0.05, 0.1) is 36.6 Å². The van der Waals surface area contributed by atoms with Crippen LogP contribution in [-0.2, 0) is 14.3 Å². The second-order valence-corrected chi connectivity index (χ2v) is 11.8. The van der Waals surface area contributed by atoms with Gasteiger partial charge in [-0.3, -0.25) is 14.4 Å². The molecule has 0 spiro atoms. The smallest absolute Gasteiger partial charge is 0.338 e. The number of rotatable bonds is 9. The third-order valence-corrected chi connectivity index (χ3v) is 8.03. The van der Waals surface area contributed by atoms with Gasteiger partial charge in [0.25, 0.3) is 5.91 Å². The van der Waals surface area contributed by atoms with E-state index >= 15 is 0 Å². The van der Waals surface area contributed by atoms with Crippen molar-refractivity contribution in [2.24, 2.45) is 5.41 Å². The number of aryl methyl sites for hydroxylation is 2. The van der Waals surface area contributed by atoms with Crippen LogP contribution in [0.25, 0.3) is 0 Å². The Hall–Kier alpha value is -4.99. The minimum absolute atomic E-state index is 0.150. The van der Waals surface area contributed by atoms with Crippen LogP contribution in [0.1, 0.15) is 66.0 Å². The number of fused-ring (bicyclic) bond motifs is 1. The quantitative estimate of drug-likeness (QED) is 0.237. The summed E-state index contributed by atoms with van der Waals surface area (Å²) in [6, 6.07) is 16.9. The number of Topliss-reactive ketones (excluding diaryl/α,β-unsaturated/α-hetero) is 1. The number of carbonyl (C=O) groups excluding carboxylic acids is 5. The molecule has 0 saturated heterocycles. The molecule has 4 amide bonds. The average Bonchev–Trinajstić information content (AvgIpc) is 3.11. The molecule has 1 aliphatic heterocycles. The number of esters is 1. The van der Waals surface area contributed by atoms with Gasteiger partial charge in [0.1, 0.15) is 6.04 Å². The monoisotopic (exact) mass is 612 g/mol. The maximum atomic E-state index is 14.3. The van der Waals surface area contributed by atoms with Gasteiger partial charge in [0.15, 0.2) is 5.78 Å². The van der Waals surface area contributed by atoms with E-state index in [9.17, 15) is 24.0 Å². The predicted molar refractivity (Wildman–Crippen MR) is 174 cm³/mol. The standard InChI is InChI=1S/C35H40N4O6/c1-7-35(5,6)33(43)39-20-27(37-34(44)36-25-14-11-13-24(19-25)32(42)45-8-2)31(41)38(29-18-22(3)16-17-28(29)39)21-30(40)26-15-10-9-12-23(26)4/h9-19,27H,7-8,20-21H2,1-6H3,(H2,36,37,44). The summed E-state index contributed by atoms with van der Waals surface area (Å²) >= 11 is 0. The summed E-state index contributed by atoms with van der Waals surface area (Å²) in [6.07, 6.45) is 0.544. The molecule has 236 valence electrons. The first-order chi connectivity index (χ1) is 21.4. The summed E-state index contributed by atoms with van der Waals surface area (Å²) in [5.74, 6) is -1.56. The minimum atomic E-state index is -1.20. The molecule has 10 nitrogen and oxygen atoms in total. The van der Waals surface area contributed by atoms with Gasteiger partial charge in [-0.25, -0.2) is 9.59 Å². The maximum absolute atomic E-state index is 14.3. The second-order valence-electron chi connectivity index (χ2n) is 11.8. The molecule has 1 unspecified atom stereocenters. The zero-order chi connectivity index (χ0) is 32.9. The summed E-state index contributed by atoms with van der Waals surface area (Å²) in [4.78, 5) is 70.3. The number of amides is 4. The average molecular weight is 613 g/mol. The van der Waals surface area contributed by atoms with E-state index < -0.39 is 29.4 Å². The number of carbonyl (C=O) groups is 5. The number of nitrogens with one attached hydrogen (secondary N) is 2. The molecule has 4 rings (SSSR count). The zero-order valence-corrected chi connectivity index (χ0v) is 26.6. The fourth-order valence-electron chi connectivity index (χ4n) is 5.10. The number of ether oxygens (including phenoxy) is 1. The molecule has 3 aromatic rings. The molecule has 3 aromatic carbocycles. The van der Waals surface area contributed by atoms with E-state index in [0.29, 0.717) is 29.0 Å². The minimum Gasteiger partial charge on any atom is -0.462 e. The number of hydrogen-bond donors (Lipinski definition) is 2. The van der Waals surface area contributed by atoms with Gasteiger partial charge < -0.3 is 25.2 Å². The van der Waals surface area contributed by atoms with Crippen molar-refractivity contribution in [1.29, 1.82) is 0 Å². The summed E-state index contributed by atoms with van der Waals surface area (Å²) in [6.45, 7) is 10.7. The van der Waals surface area contributed by atoms with Crippen molar-refractivity contribution in [3.05, 3.63) is 89.0 Å². The molecule has 1 aliphatic rings. The normalized spacial score (nSPS) is 14.7. The molecule has 2 N–H and O–H groups in total. The molecule has 1 heterocycles. The molecule has 45 heavy (non-hydrogen) atoms. The topological polar surface area (TPSA) is 125 Å². The van der Waals surface area contributed by atoms with Gasteiger partial charge in [-0.2, -0.15) is 0 Å². The highest BCUT2D eigenvalue weighted by Crippen LogP contribution is 2.37. The van der Waals surface area contributed by atoms with Gasteiger partial charge in [0.2, 0.25) is 5.91 Å². The van der Waals surface area contributed by atoms with E-state index in [1.165, 1.54) is 15.9 Å². The van der Waals surface area contributed by atoms with E-state index in [1.54, 1.807) is 49.4 Å². The van der Waals surface area contributed by atoms with Crippen LogP contribution in [0.2, 0.25) is 0 Å². The number of benzene rings is 3. The predicted octanol–water partition coefficient (Wildman–Crippen LogP) is 5.67. The van der Waals surface area contributed by atoms with E-state index in [1.807, 2.05) is 52.8 Å². The summed E-state index contributed by atoms with van der Waals surface area (Å²) < 4.78 is 5.05. The van der Waals surface area contributed by atoms with Crippen LogP contribution in [0, 0.1) is 19.3 Å². The zero-order valence-electron chi connectivity index (χ0n) is 26.6. The molecular formula is C35H40N4O6. The van der Waals surface area contributed by atoms with Gasteiger partial charge in [-0.15, -0.1) is 0 Å². The lowest BCUT2D eigenvalue weighted by molar-refractivity contribution is -0.127. The van der Waals surface area contributed by atoms with E-state index in [4.69, 9.17) is 4.74 Å². The van der Waals surface area contributed by atoms with Crippen LogP contribution in [0.4, 0.5) is 21.9 Å². The van der Waals surface area contributed by atoms with Crippen molar-refractivity contribution in [3.63, 3.8) is 0 Å². The number of anilines is 3. The first-order valence-electron chi connectivity index (χ1n) is 15.0. The van der Waals surface area contributed by atoms with Crippen LogP contribution in [0.5, 0.6) is 0 Å². The van der Waals surface area contributed by atoms with Crippen molar-refractivity contribution in [3.8, 4) is 0 Å². The largest absolute Gasteiger partial charge is 0.462 e. The lowest BCUT2D eigenvalue weighted by Gasteiger charge is -2.32. The van der Waals surface area contributed by atoms with E-state index in [-0.39, 0.29) is 37.0 Å². The van der Waals surface area contributed by atoms with Crippen LogP contribution in [0.3, 0.4) is 0 Å².